The first kappa shape index (κ1) is 82.9. The third kappa shape index (κ3) is 26.2. The molecule has 0 aromatic heterocycles. The molecule has 4 rings (SSSR count). The number of aliphatic hydroxyl groups is 1. The van der Waals surface area contributed by atoms with Gasteiger partial charge in [-0.25, -0.2) is 9.59 Å². The third-order valence-corrected chi connectivity index (χ3v) is 18.9. The Morgan fingerprint density at radius 3 is 1.91 bits per heavy atom. The molecule has 536 valence electrons. The Labute approximate surface area is 570 Å². The molecule has 2 aliphatic heterocycles. The Morgan fingerprint density at radius 2 is 1.34 bits per heavy atom. The number of carbonyl (C=O) groups excluding carboxylic acids is 11. The van der Waals surface area contributed by atoms with Gasteiger partial charge in [-0.2, -0.15) is 0 Å². The molecule has 9 amide bonds. The molecular formula is C73H114N8O15. The lowest BCUT2D eigenvalue weighted by atomic mass is 9.84. The van der Waals surface area contributed by atoms with Crippen LogP contribution in [0, 0.1) is 47.3 Å². The number of likely N-dealkylation sites (tertiary alicyclic amines) is 1. The van der Waals surface area contributed by atoms with Gasteiger partial charge in [-0.3, -0.25) is 48.1 Å². The van der Waals surface area contributed by atoms with Gasteiger partial charge in [0.1, 0.15) is 12.4 Å². The van der Waals surface area contributed by atoms with E-state index in [-0.39, 0.29) is 153 Å². The highest BCUT2D eigenvalue weighted by molar-refractivity contribution is 6.12. The number of imide groups is 1. The number of benzene rings is 2. The topological polar surface area (TPSA) is 311 Å². The van der Waals surface area contributed by atoms with Crippen molar-refractivity contribution in [3.8, 4) is 0 Å². The Hall–Kier alpha value is -7.37. The van der Waals surface area contributed by atoms with E-state index in [1.807, 2.05) is 90.6 Å². The molecule has 1 fully saturated rings. The summed E-state index contributed by atoms with van der Waals surface area (Å²) in [7, 11) is 6.51. The van der Waals surface area contributed by atoms with Gasteiger partial charge in [-0.1, -0.05) is 125 Å². The van der Waals surface area contributed by atoms with Crippen molar-refractivity contribution in [3.05, 3.63) is 77.9 Å². The quantitative estimate of drug-likeness (QED) is 0.0306. The van der Waals surface area contributed by atoms with Gasteiger partial charge >= 0.3 is 12.1 Å². The minimum Gasteiger partial charge on any atom is -0.445 e. The highest BCUT2D eigenvalue weighted by Crippen LogP contribution is 2.32. The maximum Gasteiger partial charge on any atom is 0.410 e. The average Bonchev–Trinajstić information content (AvgIpc) is 1.60. The third-order valence-electron chi connectivity index (χ3n) is 18.9. The molecule has 0 saturated carbocycles. The number of ketones is 3. The molecule has 0 bridgehead atoms. The SMILES string of the molecule is CC[C@H](C)[C@@H](C)N(C)C(=O)C(CC(=O)[C@H](C(C)C)N(C)C(=O)OCc1ccc(NC(=O)[C@H](CCCNC(N)=O)CC(=O)[C@@H](NC(=O)CCCCCN2C(=O)C=CC2=O)C(C)C)cc1)C(C)C.COC([C@@H](C)C(=O)C[C@H](C)[C@@H](O)c1ccccc1)[C@@H]1CCCN1C(=O)C[C@H](C)OC. The van der Waals surface area contributed by atoms with Crippen LogP contribution >= 0.6 is 0 Å². The van der Waals surface area contributed by atoms with Gasteiger partial charge in [-0.05, 0) is 105 Å². The van der Waals surface area contributed by atoms with E-state index in [4.69, 9.17) is 19.9 Å². The van der Waals surface area contributed by atoms with Gasteiger partial charge < -0.3 is 55.7 Å². The summed E-state index contributed by atoms with van der Waals surface area (Å²) in [4.78, 5) is 148. The minimum atomic E-state index is -0.853. The number of ether oxygens (including phenoxy) is 3. The normalized spacial score (nSPS) is 17.2. The number of primary amides is 1. The minimum absolute atomic E-state index is 0.00696. The fraction of sp³-hybridized carbons (Fsp3) is 0.658. The van der Waals surface area contributed by atoms with Gasteiger partial charge in [0, 0.05) is 115 Å². The number of methoxy groups -OCH3 is 2. The molecule has 1 saturated heterocycles. The number of Topliss-reactive ketones (excluding diaryl/α,β-unsaturated/α-hetero) is 3. The van der Waals surface area contributed by atoms with Crippen LogP contribution in [0.15, 0.2) is 66.7 Å². The van der Waals surface area contributed by atoms with Crippen LogP contribution in [0.2, 0.25) is 0 Å². The van der Waals surface area contributed by atoms with Crippen molar-refractivity contribution in [1.82, 2.24) is 30.2 Å². The fourth-order valence-electron chi connectivity index (χ4n) is 12.3. The summed E-state index contributed by atoms with van der Waals surface area (Å²) in [5, 5.41) is 18.8. The lowest BCUT2D eigenvalue weighted by Gasteiger charge is -2.35. The second-order valence-corrected chi connectivity index (χ2v) is 27.2. The number of nitrogens with two attached hydrogens (primary N) is 1. The number of anilines is 1. The molecule has 12 atom stereocenters. The van der Waals surface area contributed by atoms with Crippen LogP contribution in [0.1, 0.15) is 184 Å². The lowest BCUT2D eigenvalue weighted by molar-refractivity contribution is -0.142. The maximum absolute atomic E-state index is 13.8. The zero-order valence-corrected chi connectivity index (χ0v) is 60.1. The Balaban J connectivity index is 0.000000662. The van der Waals surface area contributed by atoms with Crippen LogP contribution in [0.25, 0.3) is 0 Å². The summed E-state index contributed by atoms with van der Waals surface area (Å²) in [5.74, 6) is -4.26. The predicted octanol–water partition coefficient (Wildman–Crippen LogP) is 9.38. The van der Waals surface area contributed by atoms with E-state index in [9.17, 15) is 57.8 Å². The number of hydrogen-bond donors (Lipinski definition) is 5. The van der Waals surface area contributed by atoms with Gasteiger partial charge in [0.2, 0.25) is 23.6 Å². The largest absolute Gasteiger partial charge is 0.445 e. The number of likely N-dealkylation sites (N-methyl/N-ethyl adjacent to an activating group) is 1. The van der Waals surface area contributed by atoms with E-state index >= 15 is 0 Å². The van der Waals surface area contributed by atoms with Gasteiger partial charge in [0.05, 0.1) is 42.9 Å². The van der Waals surface area contributed by atoms with Crippen LogP contribution in [0.5, 0.6) is 0 Å². The van der Waals surface area contributed by atoms with E-state index in [0.717, 1.165) is 29.7 Å². The van der Waals surface area contributed by atoms with Crippen molar-refractivity contribution in [3.63, 3.8) is 0 Å². The summed E-state index contributed by atoms with van der Waals surface area (Å²) >= 11 is 0. The van der Waals surface area contributed by atoms with Gasteiger partial charge in [-0.15, -0.1) is 0 Å². The van der Waals surface area contributed by atoms with Crippen LogP contribution < -0.4 is 21.7 Å². The molecule has 0 spiro atoms. The molecule has 0 aliphatic carbocycles. The van der Waals surface area contributed by atoms with Crippen molar-refractivity contribution in [2.24, 2.45) is 53.1 Å². The standard InChI is InChI=1S/C49H77N7O10.C24H37NO5/c1-12-33(8)34(9)54(10)47(63)38(30(2)3)28-40(58)45(32(6)7)55(11)49(65)66-29-35-19-21-37(22-20-35)52-46(62)36(17-16-25-51-48(50)64)27-39(57)44(31(4)5)53-41(59)18-14-13-15-26-56-42(60)23-24-43(56)61;1-16(23(28)19-10-7-6-8-11-19)14-21(26)18(3)24(30-5)20-12-9-13-25(20)22(27)15-17(2)29-4/h19-24,30-34,36,38,44-45H,12-18,25-29H2,1-11H3,(H,52,62)(H,53,59)(H3,50,51,64);6-8,10-11,16-18,20,23-24,28H,9,12-15H2,1-5H3/t33-,34+,36+,38?,44-,45-;16-,17-,18-,20-,23+,24?/m00/s1. The number of hydrogen-bond acceptors (Lipinski definition) is 15. The smallest absolute Gasteiger partial charge is 0.410 e. The summed E-state index contributed by atoms with van der Waals surface area (Å²) in [6.45, 7) is 24.0. The number of carbonyl (C=O) groups is 11. The summed E-state index contributed by atoms with van der Waals surface area (Å²) in [6, 6.07) is 13.5. The number of amides is 9. The first-order valence-electron chi connectivity index (χ1n) is 34.4. The Bertz CT molecular complexity index is 2870. The molecule has 2 aliphatic rings. The molecule has 2 unspecified atom stereocenters. The molecule has 2 aromatic rings. The maximum atomic E-state index is 13.8. The molecule has 23 heteroatoms. The number of unbranched alkanes of at least 4 members (excludes halogenated alkanes) is 2. The van der Waals surface area contributed by atoms with E-state index in [1.54, 1.807) is 64.3 Å². The zero-order chi connectivity index (χ0) is 72.1. The van der Waals surface area contributed by atoms with Crippen LogP contribution in [-0.4, -0.2) is 174 Å². The number of rotatable bonds is 40. The van der Waals surface area contributed by atoms with Crippen LogP contribution in [-0.2, 0) is 64.0 Å². The van der Waals surface area contributed by atoms with Crippen molar-refractivity contribution < 1.29 is 72.1 Å². The molecule has 2 aromatic carbocycles. The first-order chi connectivity index (χ1) is 45.3. The molecule has 23 nitrogen and oxygen atoms in total. The van der Waals surface area contributed by atoms with Crippen LogP contribution in [0.3, 0.4) is 0 Å². The predicted molar refractivity (Wildman–Crippen MR) is 368 cm³/mol. The van der Waals surface area contributed by atoms with E-state index in [2.05, 4.69) is 29.8 Å². The monoisotopic (exact) mass is 1340 g/mol. The highest BCUT2D eigenvalue weighted by atomic mass is 16.6. The van der Waals surface area contributed by atoms with E-state index in [0.29, 0.717) is 55.8 Å². The number of nitrogens with zero attached hydrogens (tertiary/aromatic N) is 4. The lowest BCUT2D eigenvalue weighted by Crippen LogP contribution is -2.48. The second kappa shape index (κ2) is 41.7. The molecule has 0 radical (unpaired) electrons. The summed E-state index contributed by atoms with van der Waals surface area (Å²) < 4.78 is 16.6. The molecule has 2 heterocycles. The van der Waals surface area contributed by atoms with E-state index < -0.39 is 48.1 Å². The van der Waals surface area contributed by atoms with Gasteiger partial charge in [0.15, 0.2) is 11.6 Å². The highest BCUT2D eigenvalue weighted by Gasteiger charge is 2.41. The fourth-order valence-corrected chi connectivity index (χ4v) is 12.3. The zero-order valence-electron chi connectivity index (χ0n) is 60.1. The number of urea groups is 1. The molecule has 96 heavy (non-hydrogen) atoms. The molecule has 6 N–H and O–H groups in total. The van der Waals surface area contributed by atoms with E-state index in [1.165, 1.54) is 24.1 Å². The second-order valence-electron chi connectivity index (χ2n) is 27.2. The van der Waals surface area contributed by atoms with Crippen molar-refractivity contribution in [2.45, 2.75) is 216 Å². The summed E-state index contributed by atoms with van der Waals surface area (Å²) in [5.41, 5.74) is 7.06. The number of aliphatic hydroxyl groups excluding tert-OH is 1. The average molecular weight is 1340 g/mol. The van der Waals surface area contributed by atoms with Crippen molar-refractivity contribution in [1.29, 1.82) is 0 Å². The van der Waals surface area contributed by atoms with Crippen molar-refractivity contribution >= 4 is 70.6 Å². The molecular weight excluding hydrogens is 1230 g/mol. The Kier molecular flexibility index (Phi) is 36.0. The van der Waals surface area contributed by atoms with Crippen molar-refractivity contribution in [2.75, 3.05) is 53.3 Å². The first-order valence-corrected chi connectivity index (χ1v) is 34.4. The van der Waals surface area contributed by atoms with Gasteiger partial charge in [0.25, 0.3) is 11.8 Å². The summed E-state index contributed by atoms with van der Waals surface area (Å²) in [6.07, 6.45) is 5.97. The number of nitrogens with one attached hydrogen (secondary N) is 3. The Morgan fingerprint density at radius 1 is 0.708 bits per heavy atom. The van der Waals surface area contributed by atoms with Crippen LogP contribution in [0.4, 0.5) is 15.3 Å².